The fourth-order valence-corrected chi connectivity index (χ4v) is 4.77. The van der Waals surface area contributed by atoms with Gasteiger partial charge in [0.1, 0.15) is 6.04 Å². The number of nitrogens with one attached hydrogen (secondary N) is 1. The maximum atomic E-state index is 13.5. The minimum atomic E-state index is -0.592. The summed E-state index contributed by atoms with van der Waals surface area (Å²) in [5.41, 5.74) is 3.19. The molecule has 34 heavy (non-hydrogen) atoms. The Labute approximate surface area is 215 Å². The van der Waals surface area contributed by atoms with Gasteiger partial charge in [0.05, 0.1) is 5.75 Å². The van der Waals surface area contributed by atoms with Gasteiger partial charge in [-0.25, -0.2) is 0 Å². The number of rotatable bonds is 11. The Kier molecular flexibility index (Phi) is 10.2. The van der Waals surface area contributed by atoms with Crippen LogP contribution in [0.25, 0.3) is 0 Å². The molecule has 0 saturated carbocycles. The summed E-state index contributed by atoms with van der Waals surface area (Å²) in [6.07, 6.45) is 0.468. The molecule has 0 aliphatic carbocycles. The van der Waals surface area contributed by atoms with Crippen LogP contribution in [0.5, 0.6) is 0 Å². The molecule has 0 bridgehead atoms. The third-order valence-electron chi connectivity index (χ3n) is 5.31. The Hall–Kier alpha value is -2.57. The summed E-state index contributed by atoms with van der Waals surface area (Å²) < 4.78 is 1.03. The van der Waals surface area contributed by atoms with E-state index in [4.69, 9.17) is 0 Å². The van der Waals surface area contributed by atoms with E-state index >= 15 is 0 Å². The van der Waals surface area contributed by atoms with Gasteiger partial charge in [-0.2, -0.15) is 0 Å². The molecular formula is C28H31BrN2O2S. The molecule has 0 fully saturated rings. The van der Waals surface area contributed by atoms with Crippen LogP contribution in [-0.2, 0) is 28.3 Å². The van der Waals surface area contributed by atoms with Gasteiger partial charge < -0.3 is 10.2 Å². The lowest BCUT2D eigenvalue weighted by molar-refractivity contribution is -0.139. The van der Waals surface area contributed by atoms with Crippen molar-refractivity contribution in [3.63, 3.8) is 0 Å². The summed E-state index contributed by atoms with van der Waals surface area (Å²) in [4.78, 5) is 28.6. The first-order valence-corrected chi connectivity index (χ1v) is 13.4. The maximum absolute atomic E-state index is 13.5. The highest BCUT2D eigenvalue weighted by atomic mass is 79.9. The van der Waals surface area contributed by atoms with Gasteiger partial charge in [0, 0.05) is 29.2 Å². The molecule has 4 nitrogen and oxygen atoms in total. The second-order valence-electron chi connectivity index (χ2n) is 8.50. The van der Waals surface area contributed by atoms with Gasteiger partial charge in [-0.05, 0) is 42.7 Å². The summed E-state index contributed by atoms with van der Waals surface area (Å²) in [6, 6.07) is 27.3. The number of hydrogen-bond acceptors (Lipinski definition) is 3. The molecule has 0 aromatic heterocycles. The van der Waals surface area contributed by atoms with E-state index in [0.29, 0.717) is 18.7 Å². The molecule has 0 spiro atoms. The first-order valence-electron chi connectivity index (χ1n) is 11.4. The minimum absolute atomic E-state index is 0.00812. The first kappa shape index (κ1) is 26.0. The van der Waals surface area contributed by atoms with E-state index < -0.39 is 6.04 Å². The SMILES string of the molecule is CC(C)NC(=O)[C@@H](Cc1ccccc1)N(Cc1ccccc1)C(=O)CSCc1ccc(Br)cc1. The van der Waals surface area contributed by atoms with Gasteiger partial charge in [-0.15, -0.1) is 11.8 Å². The predicted molar refractivity (Wildman–Crippen MR) is 145 cm³/mol. The van der Waals surface area contributed by atoms with Crippen molar-refractivity contribution < 1.29 is 9.59 Å². The van der Waals surface area contributed by atoms with Crippen LogP contribution in [-0.4, -0.2) is 34.6 Å². The standard InChI is InChI=1S/C28H31BrN2O2S/c1-21(2)30-28(33)26(17-22-9-5-3-6-10-22)31(18-23-11-7-4-8-12-23)27(32)20-34-19-24-13-15-25(29)16-14-24/h3-16,21,26H,17-20H2,1-2H3,(H,30,33)/t26-/m1/s1. The highest BCUT2D eigenvalue weighted by molar-refractivity contribution is 9.10. The molecule has 3 aromatic carbocycles. The van der Waals surface area contributed by atoms with Crippen molar-refractivity contribution in [1.29, 1.82) is 0 Å². The molecule has 6 heteroatoms. The van der Waals surface area contributed by atoms with E-state index in [1.807, 2.05) is 86.6 Å². The van der Waals surface area contributed by atoms with Crippen LogP contribution in [0.4, 0.5) is 0 Å². The number of nitrogens with zero attached hydrogens (tertiary/aromatic N) is 1. The molecule has 0 aliphatic heterocycles. The predicted octanol–water partition coefficient (Wildman–Crippen LogP) is 5.85. The molecule has 0 saturated heterocycles. The molecule has 1 N–H and O–H groups in total. The molecule has 0 radical (unpaired) electrons. The number of benzene rings is 3. The smallest absolute Gasteiger partial charge is 0.243 e. The fraction of sp³-hybridized carbons (Fsp3) is 0.286. The second kappa shape index (κ2) is 13.4. The number of carbonyl (C=O) groups excluding carboxylic acids is 2. The Balaban J connectivity index is 1.81. The van der Waals surface area contributed by atoms with E-state index in [1.165, 1.54) is 0 Å². The van der Waals surface area contributed by atoms with Crippen LogP contribution in [0.2, 0.25) is 0 Å². The Morgan fingerprint density at radius 2 is 1.44 bits per heavy atom. The molecular weight excluding hydrogens is 508 g/mol. The summed E-state index contributed by atoms with van der Waals surface area (Å²) in [7, 11) is 0. The zero-order valence-electron chi connectivity index (χ0n) is 19.6. The van der Waals surface area contributed by atoms with Gasteiger partial charge >= 0.3 is 0 Å². The normalized spacial score (nSPS) is 11.8. The van der Waals surface area contributed by atoms with Crippen LogP contribution in [0.15, 0.2) is 89.4 Å². The van der Waals surface area contributed by atoms with E-state index in [9.17, 15) is 9.59 Å². The van der Waals surface area contributed by atoms with Gasteiger partial charge in [-0.3, -0.25) is 9.59 Å². The van der Waals surface area contributed by atoms with Crippen LogP contribution < -0.4 is 5.32 Å². The molecule has 178 valence electrons. The molecule has 1 atom stereocenters. The van der Waals surface area contributed by atoms with Crippen LogP contribution in [0.3, 0.4) is 0 Å². The van der Waals surface area contributed by atoms with E-state index in [-0.39, 0.29) is 17.9 Å². The topological polar surface area (TPSA) is 49.4 Å². The van der Waals surface area contributed by atoms with Crippen molar-refractivity contribution in [3.05, 3.63) is 106 Å². The molecule has 0 aliphatic rings. The lowest BCUT2D eigenvalue weighted by Gasteiger charge is -2.32. The van der Waals surface area contributed by atoms with Crippen LogP contribution in [0.1, 0.15) is 30.5 Å². The zero-order valence-corrected chi connectivity index (χ0v) is 22.0. The van der Waals surface area contributed by atoms with E-state index in [1.54, 1.807) is 16.7 Å². The van der Waals surface area contributed by atoms with Crippen molar-refractivity contribution in [2.45, 2.75) is 44.6 Å². The van der Waals surface area contributed by atoms with Crippen LogP contribution in [0, 0.1) is 0 Å². The van der Waals surface area contributed by atoms with Crippen LogP contribution >= 0.6 is 27.7 Å². The maximum Gasteiger partial charge on any atom is 0.243 e. The van der Waals surface area contributed by atoms with Crippen molar-refractivity contribution in [2.75, 3.05) is 5.75 Å². The third kappa shape index (κ3) is 8.33. The number of halogens is 1. The molecule has 3 rings (SSSR count). The highest BCUT2D eigenvalue weighted by Crippen LogP contribution is 2.19. The Bertz CT molecular complexity index is 1040. The van der Waals surface area contributed by atoms with Gasteiger partial charge in [0.25, 0.3) is 0 Å². The fourth-order valence-electron chi connectivity index (χ4n) is 3.63. The summed E-state index contributed by atoms with van der Waals surface area (Å²) in [5, 5.41) is 3.03. The lowest BCUT2D eigenvalue weighted by Crippen LogP contribution is -2.52. The minimum Gasteiger partial charge on any atom is -0.352 e. The number of hydrogen-bond donors (Lipinski definition) is 1. The first-order chi connectivity index (χ1) is 16.4. The van der Waals surface area contributed by atoms with Crippen molar-refractivity contribution >= 4 is 39.5 Å². The van der Waals surface area contributed by atoms with E-state index in [2.05, 4.69) is 33.4 Å². The second-order valence-corrected chi connectivity index (χ2v) is 10.4. The molecule has 3 aromatic rings. The lowest BCUT2D eigenvalue weighted by atomic mass is 10.0. The number of carbonyl (C=O) groups is 2. The monoisotopic (exact) mass is 538 g/mol. The Morgan fingerprint density at radius 1 is 0.853 bits per heavy atom. The summed E-state index contributed by atoms with van der Waals surface area (Å²) in [6.45, 7) is 4.27. The number of thioether (sulfide) groups is 1. The van der Waals surface area contributed by atoms with Crippen molar-refractivity contribution in [1.82, 2.24) is 10.2 Å². The summed E-state index contributed by atoms with van der Waals surface area (Å²) in [5.74, 6) is 0.884. The van der Waals surface area contributed by atoms with Crippen molar-refractivity contribution in [2.24, 2.45) is 0 Å². The Morgan fingerprint density at radius 3 is 2.03 bits per heavy atom. The van der Waals surface area contributed by atoms with Gasteiger partial charge in [0.15, 0.2) is 0 Å². The van der Waals surface area contributed by atoms with Crippen molar-refractivity contribution in [3.8, 4) is 0 Å². The average molecular weight is 540 g/mol. The largest absolute Gasteiger partial charge is 0.352 e. The molecule has 0 unspecified atom stereocenters. The molecule has 2 amide bonds. The van der Waals surface area contributed by atoms with Gasteiger partial charge in [-0.1, -0.05) is 88.7 Å². The third-order valence-corrected chi connectivity index (χ3v) is 6.82. The quantitative estimate of drug-likeness (QED) is 0.333. The summed E-state index contributed by atoms with van der Waals surface area (Å²) >= 11 is 5.03. The van der Waals surface area contributed by atoms with Gasteiger partial charge in [0.2, 0.25) is 11.8 Å². The zero-order chi connectivity index (χ0) is 24.3. The average Bonchev–Trinajstić information content (AvgIpc) is 2.83. The molecule has 0 heterocycles. The van der Waals surface area contributed by atoms with E-state index in [0.717, 1.165) is 26.9 Å². The highest BCUT2D eigenvalue weighted by Gasteiger charge is 2.30. The number of amides is 2.